The number of Topliss-reactive ketones (excluding diaryl/α,β-unsaturated/α-hetero) is 1. The molecular weight excluding hydrogens is 776 g/mol. The molecule has 1 spiro atoms. The van der Waals surface area contributed by atoms with Crippen molar-refractivity contribution >= 4 is 29.7 Å². The van der Waals surface area contributed by atoms with Gasteiger partial charge in [0.25, 0.3) is 0 Å². The second-order valence-electron chi connectivity index (χ2n) is 19.7. The highest BCUT2D eigenvalue weighted by Crippen LogP contribution is 2.84. The Morgan fingerprint density at radius 3 is 1.88 bits per heavy atom. The molecule has 1 saturated heterocycles. The van der Waals surface area contributed by atoms with E-state index in [1.807, 2.05) is 6.92 Å². The number of hydrogen-bond donors (Lipinski definition) is 0. The lowest BCUT2D eigenvalue weighted by molar-refractivity contribution is -0.249. The molecule has 0 bridgehead atoms. The van der Waals surface area contributed by atoms with E-state index in [4.69, 9.17) is 42.6 Å². The molecule has 5 fully saturated rings. The molecule has 14 nitrogen and oxygen atoms in total. The lowest BCUT2D eigenvalue weighted by Crippen LogP contribution is -2.69. The second kappa shape index (κ2) is 18.2. The van der Waals surface area contributed by atoms with E-state index in [1.165, 1.54) is 0 Å². The van der Waals surface area contributed by atoms with Crippen LogP contribution in [-0.4, -0.2) is 118 Å². The average Bonchev–Trinajstić information content (AvgIpc) is 3.77. The summed E-state index contributed by atoms with van der Waals surface area (Å²) >= 11 is 0. The van der Waals surface area contributed by atoms with Crippen LogP contribution in [0.3, 0.4) is 0 Å². The molecule has 1 heterocycles. The molecule has 0 aromatic carbocycles. The van der Waals surface area contributed by atoms with Crippen LogP contribution in [0.2, 0.25) is 0 Å². The van der Waals surface area contributed by atoms with Crippen molar-refractivity contribution in [1.82, 2.24) is 0 Å². The lowest BCUT2D eigenvalue weighted by Gasteiger charge is -2.69. The summed E-state index contributed by atoms with van der Waals surface area (Å²) in [5.41, 5.74) is -4.35. The van der Waals surface area contributed by atoms with Gasteiger partial charge in [0.1, 0.15) is 61.2 Å². The third kappa shape index (κ3) is 8.42. The summed E-state index contributed by atoms with van der Waals surface area (Å²) in [6, 6.07) is 0. The Bertz CT molecular complexity index is 1590. The van der Waals surface area contributed by atoms with Crippen LogP contribution in [0.15, 0.2) is 0 Å². The van der Waals surface area contributed by atoms with Gasteiger partial charge >= 0.3 is 23.9 Å². The third-order valence-corrected chi connectivity index (χ3v) is 15.9. The summed E-state index contributed by atoms with van der Waals surface area (Å²) in [5.74, 6) is -2.37. The molecule has 342 valence electrons. The predicted octanol–water partition coefficient (Wildman–Crippen LogP) is 6.36. The Balaban J connectivity index is 1.54. The summed E-state index contributed by atoms with van der Waals surface area (Å²) in [4.78, 5) is 66.7. The fraction of sp³-hybridized carbons (Fsp3) is 0.891. The largest absolute Gasteiger partial charge is 0.460 e. The van der Waals surface area contributed by atoms with Crippen LogP contribution in [0.5, 0.6) is 0 Å². The molecule has 5 aliphatic rings. The van der Waals surface area contributed by atoms with Gasteiger partial charge < -0.3 is 42.6 Å². The van der Waals surface area contributed by atoms with Crippen LogP contribution in [0.1, 0.15) is 134 Å². The van der Waals surface area contributed by atoms with Crippen molar-refractivity contribution in [2.24, 2.45) is 39.4 Å². The number of fused-ring (bicyclic) bond motifs is 4. The van der Waals surface area contributed by atoms with E-state index in [0.717, 1.165) is 25.7 Å². The zero-order valence-corrected chi connectivity index (χ0v) is 38.5. The predicted molar refractivity (Wildman–Crippen MR) is 219 cm³/mol. The number of ether oxygens (including phenoxy) is 9. The minimum atomic E-state index is -1.48. The highest BCUT2D eigenvalue weighted by atomic mass is 16.7. The van der Waals surface area contributed by atoms with Gasteiger partial charge in [0.15, 0.2) is 6.10 Å². The van der Waals surface area contributed by atoms with E-state index in [0.29, 0.717) is 38.3 Å². The summed E-state index contributed by atoms with van der Waals surface area (Å²) in [6.07, 6.45) is 2.29. The monoisotopic (exact) mass is 851 g/mol. The van der Waals surface area contributed by atoms with Gasteiger partial charge in [-0.1, -0.05) is 41.5 Å². The van der Waals surface area contributed by atoms with Crippen LogP contribution in [0.25, 0.3) is 0 Å². The van der Waals surface area contributed by atoms with Crippen molar-refractivity contribution in [3.8, 4) is 0 Å². The smallest absolute Gasteiger partial charge is 0.332 e. The van der Waals surface area contributed by atoms with Crippen LogP contribution < -0.4 is 0 Å². The lowest BCUT2D eigenvalue weighted by atomic mass is 9.34. The SMILES string of the molecule is CCOCC(=O)O[C@@H](C[C@@H](C)[C@]12CC[C@@]3(C)[C@@]1(C[C@H](OC(=O)COCC)[C@H]1[C@@]4(C)CCC(=O)C(C)(C)[C@@H]4CC[C@@]13C)O2)[C@@H](OC(=O)COCC)C(C)(C)OC(=O)COCC. The normalized spacial score (nSPS) is 35.4. The summed E-state index contributed by atoms with van der Waals surface area (Å²) in [6.45, 7) is 23.7. The molecule has 0 aromatic rings. The molecule has 0 radical (unpaired) electrons. The van der Waals surface area contributed by atoms with Crippen molar-refractivity contribution in [2.75, 3.05) is 52.9 Å². The zero-order valence-electron chi connectivity index (χ0n) is 38.5. The Hall–Kier alpha value is -2.65. The van der Waals surface area contributed by atoms with Gasteiger partial charge in [0, 0.05) is 56.0 Å². The number of rotatable bonds is 21. The maximum atomic E-state index is 13.6. The van der Waals surface area contributed by atoms with E-state index in [9.17, 15) is 24.0 Å². The standard InChI is InChI=1S/C46H74O14/c1-13-52-25-34(48)56-30(39(58-36(50)27-54-15-3)41(8,9)59-37(51)28-55-16-4)23-29(5)45-22-21-44(12)43(11)20-17-32-40(6,7)33(47)18-19-42(32,10)38(43)31(24-46(44,45)60-45)57-35(49)26-53-14-2/h29-32,38-39H,13-28H2,1-12H3/t29-,30+,31+,32+,38+,39-,42+,43+,44-,45-,46-/m1/s1. The van der Waals surface area contributed by atoms with Crippen LogP contribution >= 0.6 is 0 Å². The van der Waals surface area contributed by atoms with E-state index in [1.54, 1.807) is 34.6 Å². The molecule has 4 saturated carbocycles. The first-order chi connectivity index (χ1) is 28.1. The fourth-order valence-electron chi connectivity index (χ4n) is 13.1. The summed E-state index contributed by atoms with van der Waals surface area (Å²) < 4.78 is 53.6. The number of carbonyl (C=O) groups is 5. The maximum absolute atomic E-state index is 13.6. The van der Waals surface area contributed by atoms with Crippen LogP contribution in [0, 0.1) is 39.4 Å². The fourth-order valence-corrected chi connectivity index (χ4v) is 13.1. The van der Waals surface area contributed by atoms with Crippen LogP contribution in [-0.2, 0) is 66.6 Å². The van der Waals surface area contributed by atoms with Crippen molar-refractivity contribution in [3.05, 3.63) is 0 Å². The minimum absolute atomic E-state index is 0.0405. The molecule has 5 rings (SSSR count). The molecule has 0 N–H and O–H groups in total. The maximum Gasteiger partial charge on any atom is 0.332 e. The molecule has 11 atom stereocenters. The third-order valence-electron chi connectivity index (χ3n) is 15.9. The Morgan fingerprint density at radius 1 is 0.750 bits per heavy atom. The van der Waals surface area contributed by atoms with E-state index in [-0.39, 0.29) is 80.1 Å². The first-order valence-electron chi connectivity index (χ1n) is 22.4. The van der Waals surface area contributed by atoms with Gasteiger partial charge in [0.05, 0.1) is 0 Å². The highest BCUT2D eigenvalue weighted by Gasteiger charge is 2.89. The van der Waals surface area contributed by atoms with Gasteiger partial charge in [-0.05, 0) is 103 Å². The Morgan fingerprint density at radius 2 is 1.30 bits per heavy atom. The number of epoxide rings is 1. The zero-order chi connectivity index (χ0) is 44.5. The quantitative estimate of drug-likeness (QED) is 0.0710. The number of ketones is 1. The molecule has 60 heavy (non-hydrogen) atoms. The van der Waals surface area contributed by atoms with Gasteiger partial charge in [-0.15, -0.1) is 0 Å². The van der Waals surface area contributed by atoms with Crippen molar-refractivity contribution in [1.29, 1.82) is 0 Å². The van der Waals surface area contributed by atoms with Crippen molar-refractivity contribution in [3.63, 3.8) is 0 Å². The molecule has 4 aliphatic carbocycles. The topological polar surface area (TPSA) is 172 Å². The van der Waals surface area contributed by atoms with Gasteiger partial charge in [-0.2, -0.15) is 0 Å². The van der Waals surface area contributed by atoms with Crippen LogP contribution in [0.4, 0.5) is 0 Å². The molecule has 1 aliphatic heterocycles. The van der Waals surface area contributed by atoms with Gasteiger partial charge in [0.2, 0.25) is 0 Å². The van der Waals surface area contributed by atoms with Crippen molar-refractivity contribution < 1.29 is 66.6 Å². The Kier molecular flexibility index (Phi) is 14.7. The summed E-state index contributed by atoms with van der Waals surface area (Å²) in [5, 5.41) is 0. The molecule has 0 amide bonds. The number of esters is 4. The van der Waals surface area contributed by atoms with E-state index in [2.05, 4.69) is 41.5 Å². The molecule has 0 aromatic heterocycles. The van der Waals surface area contributed by atoms with E-state index < -0.39 is 64.4 Å². The number of hydrogen-bond acceptors (Lipinski definition) is 14. The Labute approximate surface area is 357 Å². The van der Waals surface area contributed by atoms with E-state index >= 15 is 0 Å². The molecular formula is C46H74O14. The molecule has 14 heteroatoms. The van der Waals surface area contributed by atoms with Gasteiger partial charge in [-0.25, -0.2) is 19.2 Å². The number of carbonyl (C=O) groups excluding carboxylic acids is 5. The highest BCUT2D eigenvalue weighted by molar-refractivity contribution is 5.85. The first kappa shape index (κ1) is 48.4. The summed E-state index contributed by atoms with van der Waals surface area (Å²) in [7, 11) is 0. The van der Waals surface area contributed by atoms with Crippen molar-refractivity contribution in [2.45, 2.75) is 170 Å². The minimum Gasteiger partial charge on any atom is -0.460 e. The molecule has 0 unspecified atom stereocenters. The average molecular weight is 851 g/mol. The first-order valence-corrected chi connectivity index (χ1v) is 22.4. The second-order valence-corrected chi connectivity index (χ2v) is 19.7. The van der Waals surface area contributed by atoms with Gasteiger partial charge in [-0.3, -0.25) is 4.79 Å².